The van der Waals surface area contributed by atoms with Gasteiger partial charge >= 0.3 is 0 Å². The van der Waals surface area contributed by atoms with E-state index in [1.54, 1.807) is 0 Å². The minimum Gasteiger partial charge on any atom is -0.342 e. The fraction of sp³-hybridized carbons (Fsp3) is 0.941. The van der Waals surface area contributed by atoms with Gasteiger partial charge in [-0.05, 0) is 70.1 Å². The Hall–Kier alpha value is -0.610. The lowest BCUT2D eigenvalue weighted by molar-refractivity contribution is -0.133. The molecule has 0 spiro atoms. The van der Waals surface area contributed by atoms with Crippen LogP contribution in [0.4, 0.5) is 0 Å². The molecule has 0 atom stereocenters. The predicted molar refractivity (Wildman–Crippen MR) is 87.3 cm³/mol. The number of hydrogen-bond donors (Lipinski definition) is 1. The predicted octanol–water partition coefficient (Wildman–Crippen LogP) is 1.96. The summed E-state index contributed by atoms with van der Waals surface area (Å²) in [5.74, 6) is 1.88. The van der Waals surface area contributed by atoms with Gasteiger partial charge in [0, 0.05) is 13.1 Å². The van der Waals surface area contributed by atoms with Crippen LogP contribution in [0.1, 0.15) is 46.0 Å². The zero-order valence-electron chi connectivity index (χ0n) is 13.9. The molecule has 0 bridgehead atoms. The van der Waals surface area contributed by atoms with E-state index < -0.39 is 0 Å². The average Bonchev–Trinajstić information content (AvgIpc) is 2.49. The van der Waals surface area contributed by atoms with Crippen LogP contribution in [0.25, 0.3) is 0 Å². The zero-order valence-corrected chi connectivity index (χ0v) is 13.9. The minimum absolute atomic E-state index is 0.353. The van der Waals surface area contributed by atoms with Gasteiger partial charge in [0.15, 0.2) is 0 Å². The van der Waals surface area contributed by atoms with Crippen LogP contribution < -0.4 is 5.32 Å². The van der Waals surface area contributed by atoms with Crippen molar-refractivity contribution in [2.75, 3.05) is 45.8 Å². The first-order chi connectivity index (χ1) is 10.1. The van der Waals surface area contributed by atoms with Crippen LogP contribution >= 0.6 is 0 Å². The average molecular weight is 295 g/mol. The van der Waals surface area contributed by atoms with Gasteiger partial charge in [-0.1, -0.05) is 13.8 Å². The number of hydrogen-bond acceptors (Lipinski definition) is 3. The summed E-state index contributed by atoms with van der Waals surface area (Å²) in [6.07, 6.45) is 6.14. The van der Waals surface area contributed by atoms with Gasteiger partial charge in [-0.2, -0.15) is 0 Å². The second kappa shape index (κ2) is 8.74. The molecule has 0 unspecified atom stereocenters. The molecule has 2 aliphatic heterocycles. The van der Waals surface area contributed by atoms with Crippen molar-refractivity contribution in [1.82, 2.24) is 15.1 Å². The van der Waals surface area contributed by atoms with Gasteiger partial charge in [-0.3, -0.25) is 9.69 Å². The molecule has 2 fully saturated rings. The van der Waals surface area contributed by atoms with Crippen LogP contribution in [0.5, 0.6) is 0 Å². The van der Waals surface area contributed by atoms with Gasteiger partial charge in [0.1, 0.15) is 0 Å². The molecule has 21 heavy (non-hydrogen) atoms. The van der Waals surface area contributed by atoms with Crippen molar-refractivity contribution in [3.05, 3.63) is 0 Å². The van der Waals surface area contributed by atoms with E-state index in [-0.39, 0.29) is 0 Å². The molecule has 0 aromatic rings. The van der Waals surface area contributed by atoms with E-state index in [1.807, 2.05) is 0 Å². The molecule has 1 N–H and O–H groups in total. The summed E-state index contributed by atoms with van der Waals surface area (Å²) in [7, 11) is 0. The summed E-state index contributed by atoms with van der Waals surface area (Å²) >= 11 is 0. The van der Waals surface area contributed by atoms with E-state index in [2.05, 4.69) is 29.0 Å². The molecule has 0 aromatic heterocycles. The SMILES string of the molecule is CC(C)CNCC1CCN(CC(=O)N2CCCCC2)CC1. The Kier molecular flexibility index (Phi) is 6.97. The number of rotatable bonds is 6. The third kappa shape index (κ3) is 5.95. The number of amides is 1. The lowest BCUT2D eigenvalue weighted by atomic mass is 9.96. The molecule has 2 aliphatic rings. The number of nitrogens with zero attached hydrogens (tertiary/aromatic N) is 2. The maximum absolute atomic E-state index is 12.3. The molecular formula is C17H33N3O. The molecule has 0 radical (unpaired) electrons. The third-order valence-electron chi connectivity index (χ3n) is 4.76. The fourth-order valence-corrected chi connectivity index (χ4v) is 3.36. The normalized spacial score (nSPS) is 22.0. The van der Waals surface area contributed by atoms with E-state index in [0.29, 0.717) is 12.5 Å². The molecule has 0 saturated carbocycles. The molecule has 1 amide bonds. The van der Waals surface area contributed by atoms with E-state index >= 15 is 0 Å². The van der Waals surface area contributed by atoms with Gasteiger partial charge in [0.05, 0.1) is 6.54 Å². The number of nitrogens with one attached hydrogen (secondary N) is 1. The van der Waals surface area contributed by atoms with Crippen LogP contribution in [-0.4, -0.2) is 61.5 Å². The number of carbonyl (C=O) groups excluding carboxylic acids is 1. The monoisotopic (exact) mass is 295 g/mol. The summed E-state index contributed by atoms with van der Waals surface area (Å²) in [6, 6.07) is 0. The Balaban J connectivity index is 1.61. The minimum atomic E-state index is 0.353. The summed E-state index contributed by atoms with van der Waals surface area (Å²) in [4.78, 5) is 16.7. The summed E-state index contributed by atoms with van der Waals surface area (Å²) in [6.45, 7) is 11.6. The highest BCUT2D eigenvalue weighted by Crippen LogP contribution is 2.17. The number of likely N-dealkylation sites (tertiary alicyclic amines) is 2. The highest BCUT2D eigenvalue weighted by atomic mass is 16.2. The topological polar surface area (TPSA) is 35.6 Å². The molecule has 2 rings (SSSR count). The Bertz CT molecular complexity index is 305. The van der Waals surface area contributed by atoms with Crippen LogP contribution in [0, 0.1) is 11.8 Å². The van der Waals surface area contributed by atoms with E-state index in [4.69, 9.17) is 0 Å². The Morgan fingerprint density at radius 3 is 2.38 bits per heavy atom. The highest BCUT2D eigenvalue weighted by molar-refractivity contribution is 5.78. The maximum Gasteiger partial charge on any atom is 0.236 e. The second-order valence-corrected chi connectivity index (χ2v) is 7.21. The fourth-order valence-electron chi connectivity index (χ4n) is 3.36. The van der Waals surface area contributed by atoms with Crippen molar-refractivity contribution in [2.24, 2.45) is 11.8 Å². The summed E-state index contributed by atoms with van der Waals surface area (Å²) in [5.41, 5.74) is 0. The molecule has 0 aromatic carbocycles. The van der Waals surface area contributed by atoms with E-state index in [0.717, 1.165) is 51.1 Å². The van der Waals surface area contributed by atoms with Crippen molar-refractivity contribution in [2.45, 2.75) is 46.0 Å². The van der Waals surface area contributed by atoms with Crippen molar-refractivity contribution < 1.29 is 4.79 Å². The third-order valence-corrected chi connectivity index (χ3v) is 4.76. The van der Waals surface area contributed by atoms with Gasteiger partial charge in [0.2, 0.25) is 5.91 Å². The van der Waals surface area contributed by atoms with Crippen molar-refractivity contribution in [3.8, 4) is 0 Å². The highest BCUT2D eigenvalue weighted by Gasteiger charge is 2.23. The Morgan fingerprint density at radius 2 is 1.76 bits per heavy atom. The first-order valence-electron chi connectivity index (χ1n) is 8.86. The van der Waals surface area contributed by atoms with Crippen LogP contribution in [0.3, 0.4) is 0 Å². The smallest absolute Gasteiger partial charge is 0.236 e. The standard InChI is InChI=1S/C17H33N3O/c1-15(2)12-18-13-16-6-10-19(11-7-16)14-17(21)20-8-4-3-5-9-20/h15-16,18H,3-14H2,1-2H3. The van der Waals surface area contributed by atoms with Gasteiger partial charge < -0.3 is 10.2 Å². The molecule has 122 valence electrons. The molecule has 4 heteroatoms. The molecule has 0 aliphatic carbocycles. The lowest BCUT2D eigenvalue weighted by Gasteiger charge is -2.34. The molecule has 4 nitrogen and oxygen atoms in total. The van der Waals surface area contributed by atoms with Crippen molar-refractivity contribution in [1.29, 1.82) is 0 Å². The first-order valence-corrected chi connectivity index (χ1v) is 8.86. The summed E-state index contributed by atoms with van der Waals surface area (Å²) in [5, 5.41) is 3.57. The lowest BCUT2D eigenvalue weighted by Crippen LogP contribution is -2.45. The molecular weight excluding hydrogens is 262 g/mol. The van der Waals surface area contributed by atoms with E-state index in [9.17, 15) is 4.79 Å². The summed E-state index contributed by atoms with van der Waals surface area (Å²) < 4.78 is 0. The largest absolute Gasteiger partial charge is 0.342 e. The quantitative estimate of drug-likeness (QED) is 0.813. The van der Waals surface area contributed by atoms with Gasteiger partial charge in [0.25, 0.3) is 0 Å². The molecule has 2 heterocycles. The second-order valence-electron chi connectivity index (χ2n) is 7.21. The maximum atomic E-state index is 12.3. The van der Waals surface area contributed by atoms with Crippen LogP contribution in [0.15, 0.2) is 0 Å². The number of piperidine rings is 2. The van der Waals surface area contributed by atoms with Crippen molar-refractivity contribution in [3.63, 3.8) is 0 Å². The van der Waals surface area contributed by atoms with E-state index in [1.165, 1.54) is 32.1 Å². The van der Waals surface area contributed by atoms with Crippen LogP contribution in [0.2, 0.25) is 0 Å². The Morgan fingerprint density at radius 1 is 1.10 bits per heavy atom. The van der Waals surface area contributed by atoms with Gasteiger partial charge in [-0.15, -0.1) is 0 Å². The zero-order chi connectivity index (χ0) is 15.1. The number of carbonyl (C=O) groups is 1. The van der Waals surface area contributed by atoms with Crippen molar-refractivity contribution >= 4 is 5.91 Å². The molecule has 2 saturated heterocycles. The van der Waals surface area contributed by atoms with Gasteiger partial charge in [-0.25, -0.2) is 0 Å². The Labute approximate surface area is 130 Å². The van der Waals surface area contributed by atoms with Crippen LogP contribution in [-0.2, 0) is 4.79 Å². The first kappa shape index (κ1) is 16.8.